The summed E-state index contributed by atoms with van der Waals surface area (Å²) in [6.45, 7) is 2.62. The van der Waals surface area contributed by atoms with Crippen LogP contribution in [0.3, 0.4) is 0 Å². The van der Waals surface area contributed by atoms with Gasteiger partial charge in [-0.15, -0.1) is 0 Å². The van der Waals surface area contributed by atoms with Gasteiger partial charge in [0, 0.05) is 19.7 Å². The predicted octanol–water partition coefficient (Wildman–Crippen LogP) is 0.0193. The summed E-state index contributed by atoms with van der Waals surface area (Å²) in [5.74, 6) is -0.205. The van der Waals surface area contributed by atoms with E-state index in [1.807, 2.05) is 6.92 Å². The first kappa shape index (κ1) is 11.8. The van der Waals surface area contributed by atoms with E-state index >= 15 is 0 Å². The Balaban J connectivity index is 2.14. The summed E-state index contributed by atoms with van der Waals surface area (Å²) in [4.78, 5) is 24.6. The highest BCUT2D eigenvalue weighted by atomic mass is 16.5. The molecule has 0 bridgehead atoms. The molecule has 17 heavy (non-hydrogen) atoms. The van der Waals surface area contributed by atoms with Gasteiger partial charge in [0.15, 0.2) is 0 Å². The Kier molecular flexibility index (Phi) is 3.23. The van der Waals surface area contributed by atoms with Crippen LogP contribution in [0, 0.1) is 0 Å². The number of hydrogen-bond donors (Lipinski definition) is 1. The Morgan fingerprint density at radius 1 is 1.59 bits per heavy atom. The first-order valence-corrected chi connectivity index (χ1v) is 5.54. The number of amides is 1. The Hall–Kier alpha value is -1.69. The van der Waals surface area contributed by atoms with Gasteiger partial charge in [-0.1, -0.05) is 0 Å². The van der Waals surface area contributed by atoms with E-state index in [4.69, 9.17) is 4.74 Å². The summed E-state index contributed by atoms with van der Waals surface area (Å²) in [5, 5.41) is 5.98. The number of likely N-dealkylation sites (N-methyl/N-ethyl adjacent to an activating group) is 1. The van der Waals surface area contributed by atoms with Gasteiger partial charge in [-0.05, 0) is 19.4 Å². The summed E-state index contributed by atoms with van der Waals surface area (Å²) in [5.41, 5.74) is -0.0760. The SMILES string of the molecule is CC1OCCC1N(C)C(=O)c1ccc(=O)[nH]n1. The average molecular weight is 237 g/mol. The van der Waals surface area contributed by atoms with E-state index in [2.05, 4.69) is 10.2 Å². The zero-order chi connectivity index (χ0) is 12.4. The summed E-state index contributed by atoms with van der Waals surface area (Å²) >= 11 is 0. The van der Waals surface area contributed by atoms with Crippen molar-refractivity contribution in [3.8, 4) is 0 Å². The molecule has 0 aliphatic carbocycles. The van der Waals surface area contributed by atoms with Crippen LogP contribution in [-0.4, -0.2) is 46.8 Å². The van der Waals surface area contributed by atoms with Gasteiger partial charge >= 0.3 is 0 Å². The maximum absolute atomic E-state index is 12.1. The summed E-state index contributed by atoms with van der Waals surface area (Å²) in [7, 11) is 1.73. The van der Waals surface area contributed by atoms with Crippen molar-refractivity contribution in [2.45, 2.75) is 25.5 Å². The van der Waals surface area contributed by atoms with Gasteiger partial charge in [0.25, 0.3) is 11.5 Å². The average Bonchev–Trinajstić information content (AvgIpc) is 2.74. The second-order valence-electron chi connectivity index (χ2n) is 4.15. The number of hydrogen-bond acceptors (Lipinski definition) is 4. The Morgan fingerprint density at radius 3 is 2.88 bits per heavy atom. The van der Waals surface area contributed by atoms with Crippen molar-refractivity contribution >= 4 is 5.91 Å². The maximum atomic E-state index is 12.1. The normalized spacial score (nSPS) is 23.6. The van der Waals surface area contributed by atoms with Crippen LogP contribution in [0.2, 0.25) is 0 Å². The fourth-order valence-electron chi connectivity index (χ4n) is 2.02. The van der Waals surface area contributed by atoms with Gasteiger partial charge in [0.2, 0.25) is 0 Å². The fraction of sp³-hybridized carbons (Fsp3) is 0.545. The number of nitrogens with one attached hydrogen (secondary N) is 1. The minimum Gasteiger partial charge on any atom is -0.376 e. The lowest BCUT2D eigenvalue weighted by Gasteiger charge is -2.26. The van der Waals surface area contributed by atoms with Crippen LogP contribution in [0.5, 0.6) is 0 Å². The van der Waals surface area contributed by atoms with Gasteiger partial charge in [0.1, 0.15) is 5.69 Å². The zero-order valence-electron chi connectivity index (χ0n) is 9.84. The van der Waals surface area contributed by atoms with Crippen molar-refractivity contribution in [2.24, 2.45) is 0 Å². The van der Waals surface area contributed by atoms with Crippen molar-refractivity contribution in [2.75, 3.05) is 13.7 Å². The van der Waals surface area contributed by atoms with Crippen LogP contribution in [0.15, 0.2) is 16.9 Å². The number of carbonyl (C=O) groups excluding carboxylic acids is 1. The van der Waals surface area contributed by atoms with Crippen LogP contribution in [0.1, 0.15) is 23.8 Å². The van der Waals surface area contributed by atoms with Crippen LogP contribution >= 0.6 is 0 Å². The van der Waals surface area contributed by atoms with Gasteiger partial charge in [-0.2, -0.15) is 5.10 Å². The highest BCUT2D eigenvalue weighted by Gasteiger charge is 2.31. The smallest absolute Gasteiger partial charge is 0.274 e. The molecule has 1 aliphatic heterocycles. The molecule has 2 heterocycles. The topological polar surface area (TPSA) is 75.3 Å². The first-order valence-electron chi connectivity index (χ1n) is 5.54. The van der Waals surface area contributed by atoms with E-state index < -0.39 is 0 Å². The summed E-state index contributed by atoms with van der Waals surface area (Å²) in [6.07, 6.45) is 0.860. The van der Waals surface area contributed by atoms with E-state index in [-0.39, 0.29) is 29.3 Å². The Bertz CT molecular complexity index is 451. The van der Waals surface area contributed by atoms with Crippen LogP contribution in [0.4, 0.5) is 0 Å². The molecular formula is C11H15N3O3. The highest BCUT2D eigenvalue weighted by Crippen LogP contribution is 2.19. The van der Waals surface area contributed by atoms with E-state index in [0.717, 1.165) is 6.42 Å². The molecule has 6 nitrogen and oxygen atoms in total. The third kappa shape index (κ3) is 2.36. The fourth-order valence-corrected chi connectivity index (χ4v) is 2.02. The lowest BCUT2D eigenvalue weighted by atomic mass is 10.1. The minimum atomic E-state index is -0.318. The molecule has 0 radical (unpaired) electrons. The molecule has 1 aromatic heterocycles. The molecule has 1 fully saturated rings. The zero-order valence-corrected chi connectivity index (χ0v) is 9.84. The molecule has 2 rings (SSSR count). The number of aromatic amines is 1. The summed E-state index contributed by atoms with van der Waals surface area (Å²) in [6, 6.07) is 2.79. The van der Waals surface area contributed by atoms with Gasteiger partial charge in [0.05, 0.1) is 12.1 Å². The molecular weight excluding hydrogens is 222 g/mol. The van der Waals surface area contributed by atoms with Crippen molar-refractivity contribution in [1.29, 1.82) is 0 Å². The second-order valence-corrected chi connectivity index (χ2v) is 4.15. The van der Waals surface area contributed by atoms with Crippen molar-refractivity contribution in [3.05, 3.63) is 28.2 Å². The largest absolute Gasteiger partial charge is 0.376 e. The molecule has 1 aliphatic rings. The molecule has 0 saturated carbocycles. The lowest BCUT2D eigenvalue weighted by Crippen LogP contribution is -2.41. The molecule has 0 spiro atoms. The highest BCUT2D eigenvalue weighted by molar-refractivity contribution is 5.92. The number of ether oxygens (including phenoxy) is 1. The monoisotopic (exact) mass is 237 g/mol. The van der Waals surface area contributed by atoms with Gasteiger partial charge in [-0.25, -0.2) is 5.10 Å². The molecule has 1 N–H and O–H groups in total. The predicted molar refractivity (Wildman–Crippen MR) is 60.8 cm³/mol. The second kappa shape index (κ2) is 4.67. The number of rotatable bonds is 2. The number of H-pyrrole nitrogens is 1. The minimum absolute atomic E-state index is 0.0340. The third-order valence-corrected chi connectivity index (χ3v) is 3.05. The molecule has 1 saturated heterocycles. The Morgan fingerprint density at radius 2 is 2.35 bits per heavy atom. The van der Waals surface area contributed by atoms with Crippen molar-refractivity contribution < 1.29 is 9.53 Å². The molecule has 1 aromatic rings. The number of carbonyl (C=O) groups is 1. The van der Waals surface area contributed by atoms with Gasteiger partial charge < -0.3 is 9.64 Å². The molecule has 92 valence electrons. The third-order valence-electron chi connectivity index (χ3n) is 3.05. The van der Waals surface area contributed by atoms with Crippen molar-refractivity contribution in [3.63, 3.8) is 0 Å². The standard InChI is InChI=1S/C11H15N3O3/c1-7-9(5-6-17-7)14(2)11(16)8-3-4-10(15)13-12-8/h3-4,7,9H,5-6H2,1-2H3,(H,13,15). The lowest BCUT2D eigenvalue weighted by molar-refractivity contribution is 0.0569. The molecule has 2 atom stereocenters. The van der Waals surface area contributed by atoms with Crippen LogP contribution in [0.25, 0.3) is 0 Å². The Labute approximate surface area is 98.6 Å². The molecule has 0 aromatic carbocycles. The molecule has 6 heteroatoms. The van der Waals surface area contributed by atoms with Crippen LogP contribution < -0.4 is 5.56 Å². The number of nitrogens with zero attached hydrogens (tertiary/aromatic N) is 2. The van der Waals surface area contributed by atoms with E-state index in [1.165, 1.54) is 12.1 Å². The van der Waals surface area contributed by atoms with Gasteiger partial charge in [-0.3, -0.25) is 9.59 Å². The quantitative estimate of drug-likeness (QED) is 0.786. The first-order chi connectivity index (χ1) is 8.09. The van der Waals surface area contributed by atoms with Crippen LogP contribution in [-0.2, 0) is 4.74 Å². The van der Waals surface area contributed by atoms with E-state index in [0.29, 0.717) is 6.61 Å². The molecule has 2 unspecified atom stereocenters. The van der Waals surface area contributed by atoms with E-state index in [9.17, 15) is 9.59 Å². The summed E-state index contributed by atoms with van der Waals surface area (Å²) < 4.78 is 5.42. The molecule has 1 amide bonds. The maximum Gasteiger partial charge on any atom is 0.274 e. The van der Waals surface area contributed by atoms with E-state index in [1.54, 1.807) is 11.9 Å². The van der Waals surface area contributed by atoms with Crippen molar-refractivity contribution in [1.82, 2.24) is 15.1 Å². The number of aromatic nitrogens is 2.